The summed E-state index contributed by atoms with van der Waals surface area (Å²) in [5, 5.41) is 1.33. The van der Waals surface area contributed by atoms with E-state index in [1.54, 1.807) is 0 Å². The Morgan fingerprint density at radius 2 is 1.89 bits per heavy atom. The summed E-state index contributed by atoms with van der Waals surface area (Å²) < 4.78 is 0. The second-order valence-electron chi connectivity index (χ2n) is 1.55. The molecule has 0 aliphatic carbocycles. The predicted molar refractivity (Wildman–Crippen MR) is 40.1 cm³/mol. The Morgan fingerprint density at radius 1 is 1.22 bits per heavy atom. The summed E-state index contributed by atoms with van der Waals surface area (Å²) in [6, 6.07) is 9.86. The zero-order chi connectivity index (χ0) is 6.53. The second-order valence-corrected chi connectivity index (χ2v) is 2.49. The Hall–Kier alpha value is -0.690. The maximum Gasteiger partial charge on any atom is 0.0116 e. The van der Waals surface area contributed by atoms with E-state index in [1.165, 1.54) is 17.2 Å². The Labute approximate surface area is 59.6 Å². The Balaban J connectivity index is 2.72. The van der Waals surface area contributed by atoms with E-state index in [1.807, 2.05) is 30.3 Å². The highest BCUT2D eigenvalue weighted by molar-refractivity contribution is 8.02. The van der Waals surface area contributed by atoms with E-state index in [9.17, 15) is 0 Å². The third-order valence-corrected chi connectivity index (χ3v) is 1.60. The number of benzene rings is 1. The van der Waals surface area contributed by atoms with E-state index in [4.69, 9.17) is 6.58 Å². The molecule has 0 nitrogen and oxygen atoms in total. The zero-order valence-corrected chi connectivity index (χ0v) is 5.69. The van der Waals surface area contributed by atoms with Crippen LogP contribution in [0.2, 0.25) is 0 Å². The van der Waals surface area contributed by atoms with Gasteiger partial charge in [0, 0.05) is 4.90 Å². The van der Waals surface area contributed by atoms with E-state index < -0.39 is 0 Å². The summed E-state index contributed by atoms with van der Waals surface area (Å²) in [7, 11) is 0. The molecule has 0 N–H and O–H groups in total. The molecule has 0 heterocycles. The van der Waals surface area contributed by atoms with Crippen molar-refractivity contribution < 1.29 is 0 Å². The molecule has 0 saturated carbocycles. The maximum absolute atomic E-state index is 6.78. The second kappa shape index (κ2) is 3.36. The van der Waals surface area contributed by atoms with Crippen molar-refractivity contribution in [3.8, 4) is 0 Å². The Morgan fingerprint density at radius 3 is 2.44 bits per heavy atom. The molecule has 1 rings (SSSR count). The van der Waals surface area contributed by atoms with E-state index >= 15 is 0 Å². The van der Waals surface area contributed by atoms with Crippen molar-refractivity contribution in [2.45, 2.75) is 4.90 Å². The molecule has 1 heteroatoms. The van der Waals surface area contributed by atoms with Gasteiger partial charge in [0.25, 0.3) is 0 Å². The van der Waals surface area contributed by atoms with Crippen LogP contribution in [-0.2, 0) is 0 Å². The maximum atomic E-state index is 6.78. The molecule has 0 aliphatic rings. The quantitative estimate of drug-likeness (QED) is 0.560. The number of hydrogen-bond donors (Lipinski definition) is 0. The van der Waals surface area contributed by atoms with Crippen LogP contribution in [0, 0.1) is 6.58 Å². The first-order chi connectivity index (χ1) is 4.43. The van der Waals surface area contributed by atoms with Crippen molar-refractivity contribution in [2.75, 3.05) is 0 Å². The Kier molecular flexibility index (Phi) is 2.40. The number of thioether (sulfide) groups is 1. The minimum absolute atomic E-state index is 1.12. The van der Waals surface area contributed by atoms with Crippen molar-refractivity contribution in [3.63, 3.8) is 0 Å². The van der Waals surface area contributed by atoms with Crippen LogP contribution in [0.4, 0.5) is 0 Å². The van der Waals surface area contributed by atoms with Crippen molar-refractivity contribution in [3.05, 3.63) is 42.3 Å². The highest BCUT2D eigenvalue weighted by atomic mass is 32.2. The first-order valence-corrected chi connectivity index (χ1v) is 3.52. The van der Waals surface area contributed by atoms with E-state index in [2.05, 4.69) is 0 Å². The third-order valence-electron chi connectivity index (χ3n) is 0.938. The molecule has 0 amide bonds. The number of hydrogen-bond acceptors (Lipinski definition) is 1. The summed E-state index contributed by atoms with van der Waals surface area (Å²) >= 11 is 1.42. The molecule has 2 radical (unpaired) electrons. The summed E-state index contributed by atoms with van der Waals surface area (Å²) in [4.78, 5) is 1.12. The largest absolute Gasteiger partial charge is 0.0974 e. The third kappa shape index (κ3) is 1.94. The molecule has 0 bridgehead atoms. The highest BCUT2D eigenvalue weighted by Crippen LogP contribution is 2.16. The fraction of sp³-hybridized carbons (Fsp3) is 0. The summed E-state index contributed by atoms with van der Waals surface area (Å²) in [5.41, 5.74) is 0. The van der Waals surface area contributed by atoms with Crippen molar-refractivity contribution in [1.82, 2.24) is 0 Å². The van der Waals surface area contributed by atoms with Crippen LogP contribution in [0.3, 0.4) is 0 Å². The normalized spacial score (nSPS) is 8.89. The van der Waals surface area contributed by atoms with Gasteiger partial charge in [0.15, 0.2) is 0 Å². The van der Waals surface area contributed by atoms with Gasteiger partial charge in [-0.1, -0.05) is 30.0 Å². The minimum Gasteiger partial charge on any atom is -0.0974 e. The average Bonchev–Trinajstić information content (AvgIpc) is 1.91. The van der Waals surface area contributed by atoms with Crippen LogP contribution >= 0.6 is 11.8 Å². The molecule has 1 aromatic carbocycles. The average molecular weight is 134 g/mol. The van der Waals surface area contributed by atoms with Gasteiger partial charge in [0.1, 0.15) is 0 Å². The van der Waals surface area contributed by atoms with Gasteiger partial charge in [-0.3, -0.25) is 0 Å². The topological polar surface area (TPSA) is 0 Å². The fourth-order valence-electron chi connectivity index (χ4n) is 0.567. The van der Waals surface area contributed by atoms with Gasteiger partial charge in [0.2, 0.25) is 0 Å². The molecular formula is C8H6S. The summed E-state index contributed by atoms with van der Waals surface area (Å²) in [6.45, 7) is 6.78. The van der Waals surface area contributed by atoms with Gasteiger partial charge < -0.3 is 0 Å². The molecule has 0 atom stereocenters. The van der Waals surface area contributed by atoms with Crippen LogP contribution in [0.25, 0.3) is 0 Å². The number of rotatable bonds is 2. The molecule has 9 heavy (non-hydrogen) atoms. The molecule has 0 saturated heterocycles. The lowest BCUT2D eigenvalue weighted by Crippen LogP contribution is -1.62. The monoisotopic (exact) mass is 134 g/mol. The van der Waals surface area contributed by atoms with Gasteiger partial charge >= 0.3 is 0 Å². The van der Waals surface area contributed by atoms with Crippen LogP contribution < -0.4 is 0 Å². The fourth-order valence-corrected chi connectivity index (χ4v) is 1.02. The van der Waals surface area contributed by atoms with Crippen LogP contribution in [-0.4, -0.2) is 0 Å². The van der Waals surface area contributed by atoms with Gasteiger partial charge in [-0.25, -0.2) is 0 Å². The van der Waals surface area contributed by atoms with Crippen LogP contribution in [0.5, 0.6) is 0 Å². The molecule has 1 aromatic rings. The molecule has 44 valence electrons. The van der Waals surface area contributed by atoms with Gasteiger partial charge in [-0.05, 0) is 24.1 Å². The van der Waals surface area contributed by atoms with E-state index in [0.717, 1.165) is 4.90 Å². The molecule has 0 fully saturated rings. The summed E-state index contributed by atoms with van der Waals surface area (Å²) in [5.74, 6) is 0. The standard InChI is InChI=1S/C8H6S/c1-2-9-8-6-4-3-5-7-8/h2-7H. The first-order valence-electron chi connectivity index (χ1n) is 2.64. The van der Waals surface area contributed by atoms with Crippen molar-refractivity contribution >= 4 is 11.8 Å². The predicted octanol–water partition coefficient (Wildman–Crippen LogP) is 2.60. The zero-order valence-electron chi connectivity index (χ0n) is 4.87. The van der Waals surface area contributed by atoms with Gasteiger partial charge in [-0.2, -0.15) is 0 Å². The van der Waals surface area contributed by atoms with Gasteiger partial charge in [-0.15, -0.1) is 0 Å². The minimum atomic E-state index is 1.12. The Bertz CT molecular complexity index is 179. The molecule has 0 unspecified atom stereocenters. The lowest BCUT2D eigenvalue weighted by Gasteiger charge is -1.90. The van der Waals surface area contributed by atoms with E-state index in [-0.39, 0.29) is 0 Å². The molecule has 0 aliphatic heterocycles. The lowest BCUT2D eigenvalue weighted by atomic mass is 10.4. The molecule has 0 spiro atoms. The van der Waals surface area contributed by atoms with Crippen molar-refractivity contribution in [1.29, 1.82) is 0 Å². The SMILES string of the molecule is [C]=CSc1ccccc1. The molecular weight excluding hydrogens is 128 g/mol. The van der Waals surface area contributed by atoms with Crippen LogP contribution in [0.15, 0.2) is 40.6 Å². The highest BCUT2D eigenvalue weighted by Gasteiger charge is 1.82. The van der Waals surface area contributed by atoms with E-state index in [0.29, 0.717) is 0 Å². The lowest BCUT2D eigenvalue weighted by molar-refractivity contribution is 1.47. The first kappa shape index (κ1) is 6.43. The molecule has 0 aromatic heterocycles. The van der Waals surface area contributed by atoms with Gasteiger partial charge in [0.05, 0.1) is 0 Å². The van der Waals surface area contributed by atoms with Crippen LogP contribution in [0.1, 0.15) is 0 Å². The smallest absolute Gasteiger partial charge is 0.0116 e. The van der Waals surface area contributed by atoms with Crippen molar-refractivity contribution in [2.24, 2.45) is 0 Å². The summed E-state index contributed by atoms with van der Waals surface area (Å²) in [6.07, 6.45) is 0.